The predicted molar refractivity (Wildman–Crippen MR) is 74.2 cm³/mol. The maximum absolute atomic E-state index is 12.0. The van der Waals surface area contributed by atoms with E-state index in [2.05, 4.69) is 42.0 Å². The largest absolute Gasteiger partial charge is 0.350 e. The minimum atomic E-state index is 0.0180. The van der Waals surface area contributed by atoms with E-state index in [4.69, 9.17) is 0 Å². The van der Waals surface area contributed by atoms with E-state index in [1.807, 2.05) is 16.8 Å². The molecular formula is C13H21BrN2O. The second-order valence-electron chi connectivity index (χ2n) is 4.46. The monoisotopic (exact) mass is 300 g/mol. The molecule has 1 amide bonds. The van der Waals surface area contributed by atoms with E-state index in [9.17, 15) is 4.79 Å². The first-order valence-electron chi connectivity index (χ1n) is 6.22. The second kappa shape index (κ2) is 6.84. The van der Waals surface area contributed by atoms with Crippen LogP contribution in [0.2, 0.25) is 0 Å². The Balaban J connectivity index is 2.67. The Hall–Kier alpha value is -0.770. The SMILES string of the molecule is CCCn1cc(Br)cc1C(=O)NCC(C)CC. The molecule has 1 aromatic rings. The zero-order valence-corrected chi connectivity index (χ0v) is 12.4. The van der Waals surface area contributed by atoms with Crippen LogP contribution in [0.25, 0.3) is 0 Å². The third-order valence-electron chi connectivity index (χ3n) is 2.87. The summed E-state index contributed by atoms with van der Waals surface area (Å²) >= 11 is 3.41. The average Bonchev–Trinajstić information content (AvgIpc) is 2.67. The number of carbonyl (C=O) groups excluding carboxylic acids is 1. The molecule has 0 saturated heterocycles. The van der Waals surface area contributed by atoms with E-state index >= 15 is 0 Å². The predicted octanol–water partition coefficient (Wildman–Crippen LogP) is 3.44. The molecule has 1 atom stereocenters. The number of hydrogen-bond acceptors (Lipinski definition) is 1. The van der Waals surface area contributed by atoms with E-state index in [1.54, 1.807) is 0 Å². The first-order valence-corrected chi connectivity index (χ1v) is 7.01. The molecule has 0 aliphatic carbocycles. The minimum absolute atomic E-state index is 0.0180. The molecule has 0 aliphatic rings. The van der Waals surface area contributed by atoms with Gasteiger partial charge in [0.1, 0.15) is 5.69 Å². The van der Waals surface area contributed by atoms with E-state index in [0.29, 0.717) is 5.92 Å². The van der Waals surface area contributed by atoms with Crippen LogP contribution in [0, 0.1) is 5.92 Å². The number of carbonyl (C=O) groups is 1. The fourth-order valence-electron chi connectivity index (χ4n) is 1.59. The minimum Gasteiger partial charge on any atom is -0.350 e. The van der Waals surface area contributed by atoms with Crippen molar-refractivity contribution >= 4 is 21.8 Å². The van der Waals surface area contributed by atoms with Gasteiger partial charge in [0, 0.05) is 23.8 Å². The summed E-state index contributed by atoms with van der Waals surface area (Å²) in [7, 11) is 0. The van der Waals surface area contributed by atoms with Crippen molar-refractivity contribution in [2.24, 2.45) is 5.92 Å². The molecule has 17 heavy (non-hydrogen) atoms. The molecule has 0 radical (unpaired) electrons. The second-order valence-corrected chi connectivity index (χ2v) is 5.38. The van der Waals surface area contributed by atoms with E-state index in [0.717, 1.165) is 36.1 Å². The van der Waals surface area contributed by atoms with Crippen molar-refractivity contribution in [3.63, 3.8) is 0 Å². The fourth-order valence-corrected chi connectivity index (χ4v) is 2.06. The summed E-state index contributed by atoms with van der Waals surface area (Å²) in [4.78, 5) is 12.0. The van der Waals surface area contributed by atoms with Gasteiger partial charge in [-0.2, -0.15) is 0 Å². The number of nitrogens with zero attached hydrogens (tertiary/aromatic N) is 1. The lowest BCUT2D eigenvalue weighted by Crippen LogP contribution is -2.29. The van der Waals surface area contributed by atoms with Crippen LogP contribution in [0.1, 0.15) is 44.1 Å². The van der Waals surface area contributed by atoms with Gasteiger partial charge in [0.2, 0.25) is 0 Å². The normalized spacial score (nSPS) is 12.5. The molecule has 0 aliphatic heterocycles. The van der Waals surface area contributed by atoms with Crippen LogP contribution in [0.15, 0.2) is 16.7 Å². The number of amides is 1. The van der Waals surface area contributed by atoms with Crippen LogP contribution >= 0.6 is 15.9 Å². The van der Waals surface area contributed by atoms with Gasteiger partial charge in [-0.05, 0) is 34.3 Å². The Labute approximate surface area is 112 Å². The molecule has 3 nitrogen and oxygen atoms in total. The Kier molecular flexibility index (Phi) is 5.75. The highest BCUT2D eigenvalue weighted by Gasteiger charge is 2.12. The van der Waals surface area contributed by atoms with Gasteiger partial charge in [-0.25, -0.2) is 0 Å². The lowest BCUT2D eigenvalue weighted by atomic mass is 10.1. The Morgan fingerprint density at radius 3 is 2.82 bits per heavy atom. The highest BCUT2D eigenvalue weighted by molar-refractivity contribution is 9.10. The molecular weight excluding hydrogens is 280 g/mol. The number of halogens is 1. The Morgan fingerprint density at radius 2 is 2.24 bits per heavy atom. The van der Waals surface area contributed by atoms with Crippen molar-refractivity contribution < 1.29 is 4.79 Å². The molecule has 4 heteroatoms. The van der Waals surface area contributed by atoms with Gasteiger partial charge in [0.05, 0.1) is 0 Å². The van der Waals surface area contributed by atoms with Gasteiger partial charge in [-0.15, -0.1) is 0 Å². The standard InChI is InChI=1S/C13H21BrN2O/c1-4-6-16-9-11(14)7-12(16)13(17)15-8-10(3)5-2/h7,9-10H,4-6,8H2,1-3H3,(H,15,17). The third kappa shape index (κ3) is 4.19. The van der Waals surface area contributed by atoms with Crippen molar-refractivity contribution in [3.05, 3.63) is 22.4 Å². The molecule has 0 saturated carbocycles. The summed E-state index contributed by atoms with van der Waals surface area (Å²) in [5, 5.41) is 2.98. The van der Waals surface area contributed by atoms with Crippen LogP contribution in [-0.4, -0.2) is 17.0 Å². The van der Waals surface area contributed by atoms with Gasteiger partial charge in [-0.3, -0.25) is 4.79 Å². The van der Waals surface area contributed by atoms with E-state index in [-0.39, 0.29) is 5.91 Å². The average molecular weight is 301 g/mol. The Bertz CT molecular complexity index is 373. The van der Waals surface area contributed by atoms with Gasteiger partial charge < -0.3 is 9.88 Å². The fraction of sp³-hybridized carbons (Fsp3) is 0.615. The van der Waals surface area contributed by atoms with Crippen molar-refractivity contribution in [2.45, 2.75) is 40.2 Å². The number of hydrogen-bond donors (Lipinski definition) is 1. The van der Waals surface area contributed by atoms with Crippen LogP contribution in [0.4, 0.5) is 0 Å². The maximum Gasteiger partial charge on any atom is 0.267 e. The number of rotatable bonds is 6. The highest BCUT2D eigenvalue weighted by atomic mass is 79.9. The van der Waals surface area contributed by atoms with Gasteiger partial charge in [0.15, 0.2) is 0 Å². The van der Waals surface area contributed by atoms with E-state index < -0.39 is 0 Å². The van der Waals surface area contributed by atoms with Crippen molar-refractivity contribution in [2.75, 3.05) is 6.54 Å². The summed E-state index contributed by atoms with van der Waals surface area (Å²) in [6, 6.07) is 1.88. The highest BCUT2D eigenvalue weighted by Crippen LogP contribution is 2.15. The first-order chi connectivity index (χ1) is 8.08. The van der Waals surface area contributed by atoms with Crippen molar-refractivity contribution in [1.82, 2.24) is 9.88 Å². The molecule has 1 heterocycles. The molecule has 96 valence electrons. The zero-order valence-electron chi connectivity index (χ0n) is 10.8. The topological polar surface area (TPSA) is 34.0 Å². The molecule has 0 fully saturated rings. The summed E-state index contributed by atoms with van der Waals surface area (Å²) in [6.07, 6.45) is 4.06. The molecule has 0 aromatic carbocycles. The number of aromatic nitrogens is 1. The van der Waals surface area contributed by atoms with E-state index in [1.165, 1.54) is 0 Å². The summed E-state index contributed by atoms with van der Waals surface area (Å²) < 4.78 is 2.95. The number of nitrogens with one attached hydrogen (secondary N) is 1. The van der Waals surface area contributed by atoms with Gasteiger partial charge in [0.25, 0.3) is 5.91 Å². The first kappa shape index (κ1) is 14.3. The van der Waals surface area contributed by atoms with Crippen LogP contribution in [0.5, 0.6) is 0 Å². The van der Waals surface area contributed by atoms with Crippen LogP contribution in [0.3, 0.4) is 0 Å². The van der Waals surface area contributed by atoms with Crippen molar-refractivity contribution in [3.8, 4) is 0 Å². The molecule has 1 rings (SSSR count). The summed E-state index contributed by atoms with van der Waals surface area (Å²) in [5.41, 5.74) is 0.738. The summed E-state index contributed by atoms with van der Waals surface area (Å²) in [5.74, 6) is 0.543. The lowest BCUT2D eigenvalue weighted by molar-refractivity contribution is 0.0938. The van der Waals surface area contributed by atoms with Gasteiger partial charge in [-0.1, -0.05) is 27.2 Å². The number of aryl methyl sites for hydroxylation is 1. The molecule has 1 unspecified atom stereocenters. The molecule has 1 aromatic heterocycles. The third-order valence-corrected chi connectivity index (χ3v) is 3.30. The van der Waals surface area contributed by atoms with Gasteiger partial charge >= 0.3 is 0 Å². The van der Waals surface area contributed by atoms with Crippen LogP contribution < -0.4 is 5.32 Å². The van der Waals surface area contributed by atoms with Crippen molar-refractivity contribution in [1.29, 1.82) is 0 Å². The molecule has 1 N–H and O–H groups in total. The quantitative estimate of drug-likeness (QED) is 0.858. The smallest absolute Gasteiger partial charge is 0.267 e. The Morgan fingerprint density at radius 1 is 1.53 bits per heavy atom. The summed E-state index contributed by atoms with van der Waals surface area (Å²) in [6.45, 7) is 7.99. The van der Waals surface area contributed by atoms with Crippen LogP contribution in [-0.2, 0) is 6.54 Å². The zero-order chi connectivity index (χ0) is 12.8. The maximum atomic E-state index is 12.0. The molecule has 0 spiro atoms. The lowest BCUT2D eigenvalue weighted by Gasteiger charge is -2.11. The molecule has 0 bridgehead atoms.